The molecule has 2 heterocycles. The van der Waals surface area contributed by atoms with Crippen LogP contribution in [0, 0.1) is 0 Å². The van der Waals surface area contributed by atoms with Gasteiger partial charge in [0.1, 0.15) is 6.29 Å². The molecule has 0 aliphatic carbocycles. The van der Waals surface area contributed by atoms with Crippen molar-refractivity contribution in [3.05, 3.63) is 22.6 Å². The number of anilines is 1. The van der Waals surface area contributed by atoms with Gasteiger partial charge in [0.05, 0.1) is 25.7 Å². The highest BCUT2D eigenvalue weighted by Gasteiger charge is 2.36. The lowest BCUT2D eigenvalue weighted by atomic mass is 10.1. The molecular weight excluding hydrogens is 486 g/mol. The average molecular weight is 524 g/mol. The van der Waals surface area contributed by atoms with Crippen LogP contribution in [-0.4, -0.2) is 65.7 Å². The fraction of sp³-hybridized carbons (Fsp3) is 0.542. The molecule has 1 unspecified atom stereocenters. The van der Waals surface area contributed by atoms with Gasteiger partial charge in [0.2, 0.25) is 0 Å². The number of ether oxygens (including phenoxy) is 2. The van der Waals surface area contributed by atoms with Crippen molar-refractivity contribution < 1.29 is 28.3 Å². The van der Waals surface area contributed by atoms with Crippen LogP contribution in [0.2, 0.25) is 18.1 Å². The van der Waals surface area contributed by atoms with Crippen LogP contribution in [0.3, 0.4) is 0 Å². The molecule has 2 aliphatic heterocycles. The van der Waals surface area contributed by atoms with E-state index in [9.17, 15) is 14.4 Å². The summed E-state index contributed by atoms with van der Waals surface area (Å²) in [5.41, 5.74) is 7.71. The highest BCUT2D eigenvalue weighted by Crippen LogP contribution is 2.39. The summed E-state index contributed by atoms with van der Waals surface area (Å²) in [5.74, 6) is 0.782. The molecule has 9 nitrogen and oxygen atoms in total. The molecule has 2 fully saturated rings. The Morgan fingerprint density at radius 3 is 2.29 bits per heavy atom. The highest BCUT2D eigenvalue weighted by molar-refractivity contribution is 8.18. The van der Waals surface area contributed by atoms with Gasteiger partial charge in [-0.05, 0) is 48.5 Å². The first kappa shape index (κ1) is 28.9. The number of rotatable bonds is 7. The molecule has 2 amide bonds. The molecule has 1 aromatic rings. The number of nitrogens with two attached hydrogens (primary N) is 1. The van der Waals surface area contributed by atoms with E-state index in [1.54, 1.807) is 20.3 Å². The van der Waals surface area contributed by atoms with Gasteiger partial charge in [-0.15, -0.1) is 0 Å². The summed E-state index contributed by atoms with van der Waals surface area (Å²) in [6.07, 6.45) is 3.42. The Morgan fingerprint density at radius 1 is 1.20 bits per heavy atom. The van der Waals surface area contributed by atoms with Gasteiger partial charge in [0.25, 0.3) is 11.1 Å². The molecule has 11 heteroatoms. The lowest BCUT2D eigenvalue weighted by molar-refractivity contribution is -0.115. The predicted molar refractivity (Wildman–Crippen MR) is 143 cm³/mol. The number of nitrogens with one attached hydrogen (secondary N) is 1. The molecule has 0 spiro atoms. The van der Waals surface area contributed by atoms with Crippen LogP contribution < -0.4 is 25.4 Å². The predicted octanol–water partition coefficient (Wildman–Crippen LogP) is 3.77. The first-order chi connectivity index (χ1) is 16.3. The summed E-state index contributed by atoms with van der Waals surface area (Å²) in [6.45, 7) is 12.5. The van der Waals surface area contributed by atoms with Crippen LogP contribution in [0.15, 0.2) is 17.0 Å². The van der Waals surface area contributed by atoms with Crippen molar-refractivity contribution in [2.45, 2.75) is 51.4 Å². The van der Waals surface area contributed by atoms with E-state index >= 15 is 0 Å². The number of hydrogen-bond donors (Lipinski definition) is 2. The molecule has 2 aliphatic rings. The van der Waals surface area contributed by atoms with E-state index in [-0.39, 0.29) is 28.8 Å². The third kappa shape index (κ3) is 7.57. The number of amides is 2. The SMILES string of the molecule is CC(C)(C)[Si](C)(C)OCC=O.COc1cc(/C=C2\SC(=O)NC2=O)c(N2CCC(N)C2)cc1OC. The maximum atomic E-state index is 11.8. The second kappa shape index (κ2) is 12.1. The van der Waals surface area contributed by atoms with Gasteiger partial charge < -0.3 is 29.3 Å². The van der Waals surface area contributed by atoms with Gasteiger partial charge in [-0.25, -0.2) is 0 Å². The Kier molecular flexibility index (Phi) is 9.96. The molecule has 0 aromatic heterocycles. The summed E-state index contributed by atoms with van der Waals surface area (Å²) < 4.78 is 16.3. The molecule has 0 saturated carbocycles. The van der Waals surface area contributed by atoms with Gasteiger partial charge in [-0.1, -0.05) is 20.8 Å². The molecular formula is C24H37N3O6SSi. The van der Waals surface area contributed by atoms with Crippen LogP contribution in [-0.2, 0) is 14.0 Å². The number of nitrogens with zero attached hydrogens (tertiary/aromatic N) is 1. The maximum absolute atomic E-state index is 11.8. The molecule has 194 valence electrons. The first-order valence-corrected chi connectivity index (χ1v) is 15.1. The average Bonchev–Trinajstić information content (AvgIpc) is 3.35. The Bertz CT molecular complexity index is 977. The van der Waals surface area contributed by atoms with Gasteiger partial charge in [0, 0.05) is 36.4 Å². The fourth-order valence-electron chi connectivity index (χ4n) is 3.30. The number of hydrogen-bond acceptors (Lipinski definition) is 9. The largest absolute Gasteiger partial charge is 0.493 e. The Hall–Kier alpha value is -2.34. The molecule has 1 atom stereocenters. The molecule has 35 heavy (non-hydrogen) atoms. The van der Waals surface area contributed by atoms with Gasteiger partial charge in [-0.2, -0.15) is 0 Å². The zero-order chi connectivity index (χ0) is 26.4. The number of carbonyl (C=O) groups excluding carboxylic acids is 3. The fourth-order valence-corrected chi connectivity index (χ4v) is 4.89. The summed E-state index contributed by atoms with van der Waals surface area (Å²) in [6, 6.07) is 3.80. The standard InChI is InChI=1S/C16H19N3O4S.C8H18O2Si/c1-22-12-5-9(6-14-15(20)18-16(21)24-14)11(7-13(12)23-2)19-4-3-10(17)8-19;1-8(2,3)11(4,5)10-7-6-9/h5-7,10H,3-4,8,17H2,1-2H3,(H,18,20,21);6H,7H2,1-5H3/b14-6-;. The normalized spacial score (nSPS) is 19.4. The second-order valence-electron chi connectivity index (χ2n) is 9.85. The molecule has 2 saturated heterocycles. The Morgan fingerprint density at radius 2 is 1.83 bits per heavy atom. The van der Waals surface area contributed by atoms with Gasteiger partial charge in [-0.3, -0.25) is 14.9 Å². The van der Waals surface area contributed by atoms with Crippen molar-refractivity contribution in [3.8, 4) is 11.5 Å². The van der Waals surface area contributed by atoms with Crippen LogP contribution in [0.1, 0.15) is 32.8 Å². The number of benzene rings is 1. The molecule has 3 rings (SSSR count). The lowest BCUT2D eigenvalue weighted by Gasteiger charge is -2.35. The summed E-state index contributed by atoms with van der Waals surface area (Å²) in [5, 5.41) is 2.10. The number of aldehydes is 1. The molecule has 1 aromatic carbocycles. The summed E-state index contributed by atoms with van der Waals surface area (Å²) >= 11 is 0.890. The Labute approximate surface area is 212 Å². The van der Waals surface area contributed by atoms with E-state index in [1.807, 2.05) is 12.1 Å². The monoisotopic (exact) mass is 523 g/mol. The second-order valence-corrected chi connectivity index (χ2v) is 15.7. The lowest BCUT2D eigenvalue weighted by Crippen LogP contribution is -2.41. The van der Waals surface area contributed by atoms with Crippen LogP contribution >= 0.6 is 11.8 Å². The number of imide groups is 1. The minimum Gasteiger partial charge on any atom is -0.493 e. The molecule has 0 radical (unpaired) electrons. The highest BCUT2D eigenvalue weighted by atomic mass is 32.2. The van der Waals surface area contributed by atoms with Crippen molar-refractivity contribution >= 4 is 49.3 Å². The van der Waals surface area contributed by atoms with Crippen molar-refractivity contribution in [3.63, 3.8) is 0 Å². The van der Waals surface area contributed by atoms with Crippen molar-refractivity contribution in [2.24, 2.45) is 5.73 Å². The number of thioether (sulfide) groups is 1. The van der Waals surface area contributed by atoms with E-state index in [2.05, 4.69) is 44.1 Å². The quantitative estimate of drug-likeness (QED) is 0.312. The van der Waals surface area contributed by atoms with Crippen LogP contribution in [0.4, 0.5) is 10.5 Å². The van der Waals surface area contributed by atoms with E-state index in [0.717, 1.165) is 48.8 Å². The van der Waals surface area contributed by atoms with E-state index < -0.39 is 8.32 Å². The molecule has 3 N–H and O–H groups in total. The number of carbonyl (C=O) groups is 3. The van der Waals surface area contributed by atoms with E-state index in [1.165, 1.54) is 0 Å². The third-order valence-corrected chi connectivity index (χ3v) is 11.7. The maximum Gasteiger partial charge on any atom is 0.290 e. The van der Waals surface area contributed by atoms with Crippen molar-refractivity contribution in [1.29, 1.82) is 0 Å². The third-order valence-electron chi connectivity index (χ3n) is 6.35. The van der Waals surface area contributed by atoms with E-state index in [0.29, 0.717) is 16.4 Å². The Balaban J connectivity index is 0.000000334. The summed E-state index contributed by atoms with van der Waals surface area (Å²) in [4.78, 5) is 35.8. The van der Waals surface area contributed by atoms with Crippen LogP contribution in [0.25, 0.3) is 6.08 Å². The van der Waals surface area contributed by atoms with E-state index in [4.69, 9.17) is 19.6 Å². The summed E-state index contributed by atoms with van der Waals surface area (Å²) in [7, 11) is 1.48. The first-order valence-electron chi connectivity index (χ1n) is 11.4. The van der Waals surface area contributed by atoms with Gasteiger partial charge >= 0.3 is 0 Å². The van der Waals surface area contributed by atoms with Crippen LogP contribution in [0.5, 0.6) is 11.5 Å². The minimum atomic E-state index is -1.66. The topological polar surface area (TPSA) is 120 Å². The number of methoxy groups -OCH3 is 2. The smallest absolute Gasteiger partial charge is 0.290 e. The molecule has 0 bridgehead atoms. The zero-order valence-electron chi connectivity index (χ0n) is 21.6. The van der Waals surface area contributed by atoms with Crippen molar-refractivity contribution in [2.75, 3.05) is 38.8 Å². The van der Waals surface area contributed by atoms with Crippen molar-refractivity contribution in [1.82, 2.24) is 5.32 Å². The zero-order valence-corrected chi connectivity index (χ0v) is 23.4. The van der Waals surface area contributed by atoms with Gasteiger partial charge in [0.15, 0.2) is 19.8 Å². The minimum absolute atomic E-state index is 0.115.